The first-order valence-electron chi connectivity index (χ1n) is 6.03. The third-order valence-corrected chi connectivity index (χ3v) is 3.82. The third-order valence-electron chi connectivity index (χ3n) is 3.82. The van der Waals surface area contributed by atoms with E-state index in [2.05, 4.69) is 17.9 Å². The first-order valence-corrected chi connectivity index (χ1v) is 6.03. The highest BCUT2D eigenvalue weighted by Crippen LogP contribution is 2.39. The molecule has 2 rings (SSSR count). The van der Waals surface area contributed by atoms with Crippen molar-refractivity contribution in [2.24, 2.45) is 0 Å². The molecular formula is C14H21NO2. The summed E-state index contributed by atoms with van der Waals surface area (Å²) in [5.41, 5.74) is 2.47. The summed E-state index contributed by atoms with van der Waals surface area (Å²) in [5, 5.41) is 10.7. The highest BCUT2D eigenvalue weighted by atomic mass is 16.5. The molecular weight excluding hydrogens is 214 g/mol. The first kappa shape index (κ1) is 12.4. The van der Waals surface area contributed by atoms with E-state index < -0.39 is 5.60 Å². The highest BCUT2D eigenvalue weighted by Gasteiger charge is 2.38. The van der Waals surface area contributed by atoms with Gasteiger partial charge in [0.15, 0.2) is 0 Å². The highest BCUT2D eigenvalue weighted by molar-refractivity contribution is 5.48. The van der Waals surface area contributed by atoms with Crippen LogP contribution in [0, 0.1) is 13.8 Å². The quantitative estimate of drug-likeness (QED) is 0.849. The minimum atomic E-state index is -0.765. The van der Waals surface area contributed by atoms with Gasteiger partial charge in [0.05, 0.1) is 7.11 Å². The van der Waals surface area contributed by atoms with E-state index in [-0.39, 0.29) is 0 Å². The fourth-order valence-corrected chi connectivity index (χ4v) is 2.62. The number of ether oxygens (including phenoxy) is 1. The summed E-state index contributed by atoms with van der Waals surface area (Å²) in [5.74, 6) is 0.836. The van der Waals surface area contributed by atoms with Crippen molar-refractivity contribution >= 4 is 0 Å². The van der Waals surface area contributed by atoms with Crippen molar-refractivity contribution in [3.05, 3.63) is 28.8 Å². The summed E-state index contributed by atoms with van der Waals surface area (Å²) >= 11 is 0. The number of methoxy groups -OCH3 is 1. The molecule has 1 N–H and O–H groups in total. The summed E-state index contributed by atoms with van der Waals surface area (Å²) < 4.78 is 5.49. The maximum absolute atomic E-state index is 10.7. The van der Waals surface area contributed by atoms with Crippen LogP contribution < -0.4 is 4.74 Å². The Kier molecular flexibility index (Phi) is 3.15. The molecule has 1 fully saturated rings. The average Bonchev–Trinajstić information content (AvgIpc) is 2.63. The summed E-state index contributed by atoms with van der Waals surface area (Å²) in [6.07, 6.45) is 0.766. The number of nitrogens with zero attached hydrogens (tertiary/aromatic N) is 1. The molecule has 1 unspecified atom stereocenters. The lowest BCUT2D eigenvalue weighted by Gasteiger charge is -2.26. The molecule has 0 aliphatic carbocycles. The zero-order valence-corrected chi connectivity index (χ0v) is 11.1. The van der Waals surface area contributed by atoms with Crippen molar-refractivity contribution in [2.75, 3.05) is 27.2 Å². The van der Waals surface area contributed by atoms with Gasteiger partial charge in [-0.1, -0.05) is 12.1 Å². The van der Waals surface area contributed by atoms with Crippen molar-refractivity contribution < 1.29 is 9.84 Å². The van der Waals surface area contributed by atoms with E-state index in [4.69, 9.17) is 4.74 Å². The van der Waals surface area contributed by atoms with Gasteiger partial charge >= 0.3 is 0 Å². The van der Waals surface area contributed by atoms with E-state index in [1.807, 2.05) is 20.0 Å². The lowest BCUT2D eigenvalue weighted by Crippen LogP contribution is -2.29. The topological polar surface area (TPSA) is 32.7 Å². The van der Waals surface area contributed by atoms with Crippen LogP contribution in [0.3, 0.4) is 0 Å². The molecule has 3 nitrogen and oxygen atoms in total. The van der Waals surface area contributed by atoms with Gasteiger partial charge in [0.2, 0.25) is 0 Å². The number of β-amino-alcohol motifs (C(OH)–C–C–N with tert-alkyl or cyclic N) is 1. The molecule has 1 aliphatic heterocycles. The molecule has 17 heavy (non-hydrogen) atoms. The molecule has 94 valence electrons. The Bertz CT molecular complexity index is 430. The molecule has 1 heterocycles. The third kappa shape index (κ3) is 2.05. The SMILES string of the molecule is COc1c(C2(O)CCN(C)C2)ccc(C)c1C. The van der Waals surface area contributed by atoms with Crippen LogP contribution >= 0.6 is 0 Å². The van der Waals surface area contributed by atoms with Gasteiger partial charge in [-0.15, -0.1) is 0 Å². The number of hydrogen-bond acceptors (Lipinski definition) is 3. The van der Waals surface area contributed by atoms with E-state index in [1.54, 1.807) is 7.11 Å². The molecule has 0 spiro atoms. The van der Waals surface area contributed by atoms with Gasteiger partial charge in [-0.3, -0.25) is 0 Å². The summed E-state index contributed by atoms with van der Waals surface area (Å²) in [4.78, 5) is 2.15. The van der Waals surface area contributed by atoms with Crippen LogP contribution in [0.4, 0.5) is 0 Å². The zero-order valence-electron chi connectivity index (χ0n) is 11.1. The minimum Gasteiger partial charge on any atom is -0.496 e. The normalized spacial score (nSPS) is 25.2. The Morgan fingerprint density at radius 1 is 1.35 bits per heavy atom. The molecule has 1 aliphatic rings. The van der Waals surface area contributed by atoms with Gasteiger partial charge in [0.1, 0.15) is 11.4 Å². The molecule has 1 aromatic carbocycles. The van der Waals surface area contributed by atoms with E-state index in [1.165, 1.54) is 5.56 Å². The number of rotatable bonds is 2. The Morgan fingerprint density at radius 3 is 2.59 bits per heavy atom. The zero-order chi connectivity index (χ0) is 12.6. The number of aliphatic hydroxyl groups is 1. The van der Waals surface area contributed by atoms with Crippen LogP contribution in [0.25, 0.3) is 0 Å². The number of aryl methyl sites for hydroxylation is 1. The molecule has 0 radical (unpaired) electrons. The molecule has 0 aromatic heterocycles. The van der Waals surface area contributed by atoms with E-state index in [9.17, 15) is 5.11 Å². The van der Waals surface area contributed by atoms with Gasteiger partial charge < -0.3 is 14.7 Å². The standard InChI is InChI=1S/C14H21NO2/c1-10-5-6-12(13(17-4)11(10)2)14(16)7-8-15(3)9-14/h5-6,16H,7-9H2,1-4H3. The maximum Gasteiger partial charge on any atom is 0.128 e. The van der Waals surface area contributed by atoms with Crippen molar-refractivity contribution in [3.8, 4) is 5.75 Å². The fourth-order valence-electron chi connectivity index (χ4n) is 2.62. The van der Waals surface area contributed by atoms with Gasteiger partial charge in [-0.2, -0.15) is 0 Å². The van der Waals surface area contributed by atoms with Crippen LogP contribution in [0.2, 0.25) is 0 Å². The molecule has 0 bridgehead atoms. The molecule has 0 amide bonds. The van der Waals surface area contributed by atoms with Gasteiger partial charge in [0.25, 0.3) is 0 Å². The predicted octanol–water partition coefficient (Wildman–Crippen LogP) is 1.84. The smallest absolute Gasteiger partial charge is 0.128 e. The van der Waals surface area contributed by atoms with Gasteiger partial charge in [0, 0.05) is 18.7 Å². The van der Waals surface area contributed by atoms with Crippen molar-refractivity contribution in [1.29, 1.82) is 0 Å². The van der Waals surface area contributed by atoms with Crippen molar-refractivity contribution in [2.45, 2.75) is 25.9 Å². The van der Waals surface area contributed by atoms with Crippen LogP contribution in [0.5, 0.6) is 5.75 Å². The van der Waals surface area contributed by atoms with Crippen LogP contribution in [-0.4, -0.2) is 37.3 Å². The van der Waals surface area contributed by atoms with Crippen molar-refractivity contribution in [1.82, 2.24) is 4.90 Å². The molecule has 1 atom stereocenters. The number of benzene rings is 1. The predicted molar refractivity (Wildman–Crippen MR) is 68.5 cm³/mol. The number of likely N-dealkylation sites (tertiary alicyclic amines) is 1. The molecule has 1 aromatic rings. The van der Waals surface area contributed by atoms with Crippen molar-refractivity contribution in [3.63, 3.8) is 0 Å². The van der Waals surface area contributed by atoms with Gasteiger partial charge in [-0.25, -0.2) is 0 Å². The molecule has 3 heteroatoms. The number of hydrogen-bond donors (Lipinski definition) is 1. The Hall–Kier alpha value is -1.06. The average molecular weight is 235 g/mol. The number of likely N-dealkylation sites (N-methyl/N-ethyl adjacent to an activating group) is 1. The van der Waals surface area contributed by atoms with E-state index >= 15 is 0 Å². The fraction of sp³-hybridized carbons (Fsp3) is 0.571. The summed E-state index contributed by atoms with van der Waals surface area (Å²) in [6, 6.07) is 4.06. The van der Waals surface area contributed by atoms with Gasteiger partial charge in [-0.05, 0) is 38.4 Å². The van der Waals surface area contributed by atoms with E-state index in [0.717, 1.165) is 29.8 Å². The lowest BCUT2D eigenvalue weighted by atomic mass is 9.89. The Labute approximate surface area is 103 Å². The monoisotopic (exact) mass is 235 g/mol. The molecule has 1 saturated heterocycles. The first-order chi connectivity index (χ1) is 7.98. The van der Waals surface area contributed by atoms with Crippen LogP contribution in [0.15, 0.2) is 12.1 Å². The molecule has 0 saturated carbocycles. The summed E-state index contributed by atoms with van der Waals surface area (Å²) in [6.45, 7) is 5.70. The maximum atomic E-state index is 10.7. The second-order valence-electron chi connectivity index (χ2n) is 5.11. The Balaban J connectivity index is 2.49. The largest absolute Gasteiger partial charge is 0.496 e. The Morgan fingerprint density at radius 2 is 2.06 bits per heavy atom. The minimum absolute atomic E-state index is 0.672. The second-order valence-corrected chi connectivity index (χ2v) is 5.11. The van der Waals surface area contributed by atoms with Crippen LogP contribution in [0.1, 0.15) is 23.1 Å². The lowest BCUT2D eigenvalue weighted by molar-refractivity contribution is 0.0463. The second kappa shape index (κ2) is 4.31. The summed E-state index contributed by atoms with van der Waals surface area (Å²) in [7, 11) is 3.71. The van der Waals surface area contributed by atoms with Crippen LogP contribution in [-0.2, 0) is 5.60 Å². The van der Waals surface area contributed by atoms with E-state index in [0.29, 0.717) is 6.54 Å².